The maximum Gasteiger partial charge on any atom is 0.263 e. The molecule has 1 fully saturated rings. The van der Waals surface area contributed by atoms with Crippen molar-refractivity contribution < 1.29 is 18.4 Å². The lowest BCUT2D eigenvalue weighted by atomic mass is 10.0. The van der Waals surface area contributed by atoms with E-state index in [1.165, 1.54) is 11.1 Å². The Labute approximate surface area is 154 Å². The van der Waals surface area contributed by atoms with Crippen LogP contribution >= 0.6 is 0 Å². The minimum Gasteiger partial charge on any atom is -0.271 e. The summed E-state index contributed by atoms with van der Waals surface area (Å²) in [7, 11) is 0. The van der Waals surface area contributed by atoms with Gasteiger partial charge < -0.3 is 0 Å². The van der Waals surface area contributed by atoms with Crippen LogP contribution < -0.4 is 4.90 Å². The first kappa shape index (κ1) is 17.3. The van der Waals surface area contributed by atoms with Crippen LogP contribution in [0, 0.1) is 25.5 Å². The summed E-state index contributed by atoms with van der Waals surface area (Å²) in [5, 5.41) is 9.43. The first-order chi connectivity index (χ1) is 12.9. The van der Waals surface area contributed by atoms with E-state index in [-0.39, 0.29) is 5.69 Å². The van der Waals surface area contributed by atoms with Crippen molar-refractivity contribution in [3.8, 4) is 0 Å². The Morgan fingerprint density at radius 1 is 1.00 bits per heavy atom. The van der Waals surface area contributed by atoms with Gasteiger partial charge in [0.1, 0.15) is 0 Å². The summed E-state index contributed by atoms with van der Waals surface area (Å²) >= 11 is 0. The van der Waals surface area contributed by atoms with Crippen LogP contribution in [0.25, 0.3) is 0 Å². The molecule has 0 saturated carbocycles. The quantitative estimate of drug-likeness (QED) is 0.780. The molecule has 6 nitrogen and oxygen atoms in total. The van der Waals surface area contributed by atoms with Crippen LogP contribution in [-0.4, -0.2) is 28.9 Å². The van der Waals surface area contributed by atoms with Gasteiger partial charge in [-0.15, -0.1) is 0 Å². The summed E-state index contributed by atoms with van der Waals surface area (Å²) in [5.41, 5.74) is 3.07. The van der Waals surface area contributed by atoms with Crippen molar-refractivity contribution in [2.45, 2.75) is 32.5 Å². The van der Waals surface area contributed by atoms with Gasteiger partial charge in [0.2, 0.25) is 0 Å². The molecule has 0 aromatic heterocycles. The minimum atomic E-state index is -1.13. The largest absolute Gasteiger partial charge is 0.271 e. The molecule has 2 atom stereocenters. The van der Waals surface area contributed by atoms with Gasteiger partial charge in [0, 0.05) is 6.07 Å². The summed E-state index contributed by atoms with van der Waals surface area (Å²) in [6.45, 7) is 4.24. The SMILES string of the molecule is Cc1ccc(C)c(CN2N=N[C@@H]3C(=O)N(c4ccc(F)c(F)c4)C(=O)[C@@H]32)c1. The average Bonchev–Trinajstić information content (AvgIpc) is 3.14. The average molecular weight is 370 g/mol. The van der Waals surface area contributed by atoms with E-state index < -0.39 is 35.5 Å². The van der Waals surface area contributed by atoms with Gasteiger partial charge in [-0.25, -0.2) is 13.7 Å². The van der Waals surface area contributed by atoms with Gasteiger partial charge in [-0.2, -0.15) is 5.11 Å². The van der Waals surface area contributed by atoms with Crippen molar-refractivity contribution >= 4 is 17.5 Å². The zero-order valence-electron chi connectivity index (χ0n) is 14.7. The highest BCUT2D eigenvalue weighted by atomic mass is 19.2. The van der Waals surface area contributed by atoms with E-state index in [2.05, 4.69) is 10.3 Å². The Kier molecular flexibility index (Phi) is 3.98. The lowest BCUT2D eigenvalue weighted by molar-refractivity contribution is -0.123. The molecule has 0 aliphatic carbocycles. The maximum absolute atomic E-state index is 13.5. The van der Waals surface area contributed by atoms with Crippen molar-refractivity contribution in [3.05, 3.63) is 64.7 Å². The van der Waals surface area contributed by atoms with Crippen LogP contribution in [0.2, 0.25) is 0 Å². The molecular weight excluding hydrogens is 354 g/mol. The molecule has 2 amide bonds. The minimum absolute atomic E-state index is 0.0137. The molecule has 1 saturated heterocycles. The van der Waals surface area contributed by atoms with Gasteiger partial charge in [0.15, 0.2) is 23.7 Å². The Hall–Kier alpha value is -3.16. The predicted octanol–water partition coefficient (Wildman–Crippen LogP) is 3.08. The Morgan fingerprint density at radius 3 is 2.52 bits per heavy atom. The number of halogens is 2. The third kappa shape index (κ3) is 2.77. The van der Waals surface area contributed by atoms with Crippen molar-refractivity contribution in [3.63, 3.8) is 0 Å². The fraction of sp³-hybridized carbons (Fsp3) is 0.263. The first-order valence-electron chi connectivity index (χ1n) is 8.43. The number of fused-ring (bicyclic) bond motifs is 1. The topological polar surface area (TPSA) is 65.3 Å². The van der Waals surface area contributed by atoms with Gasteiger partial charge in [-0.05, 0) is 37.1 Å². The molecular formula is C19H16F2N4O2. The first-order valence-corrected chi connectivity index (χ1v) is 8.43. The maximum atomic E-state index is 13.5. The van der Waals surface area contributed by atoms with E-state index >= 15 is 0 Å². The van der Waals surface area contributed by atoms with Gasteiger partial charge in [-0.3, -0.25) is 14.6 Å². The van der Waals surface area contributed by atoms with Crippen LogP contribution in [0.1, 0.15) is 16.7 Å². The highest BCUT2D eigenvalue weighted by Gasteiger charge is 2.54. The number of aryl methyl sites for hydroxylation is 2. The summed E-state index contributed by atoms with van der Waals surface area (Å²) in [6, 6.07) is 7.01. The number of imide groups is 1. The van der Waals surface area contributed by atoms with E-state index in [0.717, 1.165) is 33.7 Å². The van der Waals surface area contributed by atoms with E-state index in [0.29, 0.717) is 6.54 Å². The van der Waals surface area contributed by atoms with E-state index in [4.69, 9.17) is 0 Å². The fourth-order valence-electron chi connectivity index (χ4n) is 3.38. The van der Waals surface area contributed by atoms with Gasteiger partial charge in [-0.1, -0.05) is 29.0 Å². The molecule has 2 aromatic carbocycles. The molecule has 2 aliphatic rings. The zero-order chi connectivity index (χ0) is 19.3. The summed E-state index contributed by atoms with van der Waals surface area (Å²) in [6.07, 6.45) is 0. The van der Waals surface area contributed by atoms with Crippen molar-refractivity contribution in [1.29, 1.82) is 0 Å². The third-order valence-electron chi connectivity index (χ3n) is 4.86. The van der Waals surface area contributed by atoms with Gasteiger partial charge in [0.25, 0.3) is 11.8 Å². The van der Waals surface area contributed by atoms with Crippen molar-refractivity contribution in [2.75, 3.05) is 4.90 Å². The van der Waals surface area contributed by atoms with E-state index in [1.54, 1.807) is 0 Å². The number of anilines is 1. The number of hydrogen-bond donors (Lipinski definition) is 0. The number of nitrogens with zero attached hydrogens (tertiary/aromatic N) is 4. The number of benzene rings is 2. The van der Waals surface area contributed by atoms with E-state index in [1.807, 2.05) is 32.0 Å². The Bertz CT molecular complexity index is 992. The lowest BCUT2D eigenvalue weighted by Gasteiger charge is -2.21. The molecule has 0 unspecified atom stereocenters. The summed E-state index contributed by atoms with van der Waals surface area (Å²) in [4.78, 5) is 26.3. The molecule has 0 spiro atoms. The highest BCUT2D eigenvalue weighted by molar-refractivity contribution is 6.25. The molecule has 0 N–H and O–H groups in total. The molecule has 138 valence electrons. The molecule has 2 aromatic rings. The monoisotopic (exact) mass is 370 g/mol. The molecule has 27 heavy (non-hydrogen) atoms. The van der Waals surface area contributed by atoms with Gasteiger partial charge >= 0.3 is 0 Å². The van der Waals surface area contributed by atoms with Crippen LogP contribution in [-0.2, 0) is 16.1 Å². The normalized spacial score (nSPS) is 21.3. The fourth-order valence-corrected chi connectivity index (χ4v) is 3.38. The summed E-state index contributed by atoms with van der Waals surface area (Å²) in [5.74, 6) is -3.32. The van der Waals surface area contributed by atoms with Crippen LogP contribution in [0.3, 0.4) is 0 Å². The Balaban J connectivity index is 1.63. The molecule has 4 rings (SSSR count). The highest BCUT2D eigenvalue weighted by Crippen LogP contribution is 2.33. The molecule has 2 heterocycles. The van der Waals surface area contributed by atoms with Crippen LogP contribution in [0.15, 0.2) is 46.7 Å². The number of hydrogen-bond acceptors (Lipinski definition) is 5. The number of carbonyl (C=O) groups excluding carboxylic acids is 2. The number of carbonyl (C=O) groups is 2. The van der Waals surface area contributed by atoms with Crippen molar-refractivity contribution in [1.82, 2.24) is 5.01 Å². The second-order valence-electron chi connectivity index (χ2n) is 6.73. The van der Waals surface area contributed by atoms with Gasteiger partial charge in [0.05, 0.1) is 12.2 Å². The zero-order valence-corrected chi connectivity index (χ0v) is 14.7. The third-order valence-corrected chi connectivity index (χ3v) is 4.86. The predicted molar refractivity (Wildman–Crippen MR) is 92.7 cm³/mol. The Morgan fingerprint density at radius 2 is 1.78 bits per heavy atom. The number of rotatable bonds is 3. The number of amides is 2. The van der Waals surface area contributed by atoms with Crippen molar-refractivity contribution in [2.24, 2.45) is 10.3 Å². The molecule has 0 bridgehead atoms. The second-order valence-corrected chi connectivity index (χ2v) is 6.73. The summed E-state index contributed by atoms with van der Waals surface area (Å²) < 4.78 is 26.7. The molecule has 8 heteroatoms. The molecule has 0 radical (unpaired) electrons. The second kappa shape index (κ2) is 6.22. The smallest absolute Gasteiger partial charge is 0.263 e. The van der Waals surface area contributed by atoms with Crippen LogP contribution in [0.5, 0.6) is 0 Å². The lowest BCUT2D eigenvalue weighted by Crippen LogP contribution is -2.39. The van der Waals surface area contributed by atoms with E-state index in [9.17, 15) is 18.4 Å². The standard InChI is InChI=1S/C19H16F2N4O2/c1-10-3-4-11(2)12(7-10)9-24-17-16(22-23-24)18(26)25(19(17)27)13-5-6-14(20)15(21)8-13/h3-8,16-17H,9H2,1-2H3/t16-,17+/m0/s1. The molecule has 2 aliphatic heterocycles. The van der Waals surface area contributed by atoms with Crippen LogP contribution in [0.4, 0.5) is 14.5 Å².